The highest BCUT2D eigenvalue weighted by atomic mass is 14.9. The average molecular weight is 277 g/mol. The van der Waals surface area contributed by atoms with E-state index in [0.717, 1.165) is 17.6 Å². The third-order valence-corrected chi connectivity index (χ3v) is 3.75. The van der Waals surface area contributed by atoms with E-state index in [0.29, 0.717) is 0 Å². The maximum atomic E-state index is 4.54. The van der Waals surface area contributed by atoms with Gasteiger partial charge < -0.3 is 5.32 Å². The smallest absolute Gasteiger partial charge is 0.0937 e. The maximum absolute atomic E-state index is 4.54. The summed E-state index contributed by atoms with van der Waals surface area (Å²) in [7, 11) is 0. The van der Waals surface area contributed by atoms with Gasteiger partial charge in [0, 0.05) is 18.0 Å². The topological polar surface area (TPSA) is 37.8 Å². The SMILES string of the molecule is CCNC(c1ccccc1C)c1cccc2nccnc12. The highest BCUT2D eigenvalue weighted by Gasteiger charge is 2.18. The Morgan fingerprint density at radius 3 is 2.52 bits per heavy atom. The fourth-order valence-electron chi connectivity index (χ4n) is 2.75. The molecule has 0 aliphatic carbocycles. The molecule has 1 unspecified atom stereocenters. The molecule has 1 N–H and O–H groups in total. The van der Waals surface area contributed by atoms with E-state index in [2.05, 4.69) is 65.5 Å². The molecule has 2 aromatic carbocycles. The number of nitrogens with zero attached hydrogens (tertiary/aromatic N) is 2. The molecule has 3 nitrogen and oxygen atoms in total. The molecule has 0 bridgehead atoms. The van der Waals surface area contributed by atoms with E-state index in [1.165, 1.54) is 16.7 Å². The Labute approximate surface area is 125 Å². The first kappa shape index (κ1) is 13.7. The van der Waals surface area contributed by atoms with Crippen molar-refractivity contribution in [3.8, 4) is 0 Å². The van der Waals surface area contributed by atoms with Gasteiger partial charge in [0.1, 0.15) is 0 Å². The van der Waals surface area contributed by atoms with Gasteiger partial charge in [0.05, 0.1) is 17.1 Å². The van der Waals surface area contributed by atoms with Crippen molar-refractivity contribution in [1.82, 2.24) is 15.3 Å². The fraction of sp³-hybridized carbons (Fsp3) is 0.222. The fourth-order valence-corrected chi connectivity index (χ4v) is 2.75. The number of hydrogen-bond donors (Lipinski definition) is 1. The zero-order chi connectivity index (χ0) is 14.7. The third-order valence-electron chi connectivity index (χ3n) is 3.75. The van der Waals surface area contributed by atoms with Crippen LogP contribution in [0.25, 0.3) is 11.0 Å². The Hall–Kier alpha value is -2.26. The zero-order valence-corrected chi connectivity index (χ0v) is 12.4. The minimum Gasteiger partial charge on any atom is -0.306 e. The van der Waals surface area contributed by atoms with E-state index in [1.54, 1.807) is 12.4 Å². The molecule has 0 aliphatic rings. The van der Waals surface area contributed by atoms with E-state index in [9.17, 15) is 0 Å². The Kier molecular flexibility index (Phi) is 3.93. The molecule has 106 valence electrons. The van der Waals surface area contributed by atoms with Gasteiger partial charge in [0.25, 0.3) is 0 Å². The molecule has 1 aromatic heterocycles. The Bertz CT molecular complexity index is 747. The number of aryl methyl sites for hydroxylation is 1. The first-order valence-corrected chi connectivity index (χ1v) is 7.29. The molecule has 0 fully saturated rings. The minimum atomic E-state index is 0.136. The lowest BCUT2D eigenvalue weighted by atomic mass is 9.94. The summed E-state index contributed by atoms with van der Waals surface area (Å²) < 4.78 is 0. The lowest BCUT2D eigenvalue weighted by Crippen LogP contribution is -2.23. The third kappa shape index (κ3) is 2.65. The second-order valence-electron chi connectivity index (χ2n) is 5.12. The molecular formula is C18H19N3. The van der Waals surface area contributed by atoms with Crippen molar-refractivity contribution in [3.05, 3.63) is 71.5 Å². The van der Waals surface area contributed by atoms with Crippen LogP contribution in [-0.2, 0) is 0 Å². The monoisotopic (exact) mass is 277 g/mol. The molecule has 0 spiro atoms. The predicted octanol–water partition coefficient (Wildman–Crippen LogP) is 3.64. The minimum absolute atomic E-state index is 0.136. The van der Waals surface area contributed by atoms with Gasteiger partial charge in [0.2, 0.25) is 0 Å². The maximum Gasteiger partial charge on any atom is 0.0937 e. The van der Waals surface area contributed by atoms with Crippen molar-refractivity contribution in [1.29, 1.82) is 0 Å². The van der Waals surface area contributed by atoms with Gasteiger partial charge in [-0.3, -0.25) is 9.97 Å². The molecule has 0 saturated carbocycles. The van der Waals surface area contributed by atoms with Crippen LogP contribution >= 0.6 is 0 Å². The molecule has 1 atom stereocenters. The molecule has 0 saturated heterocycles. The predicted molar refractivity (Wildman–Crippen MR) is 86.2 cm³/mol. The summed E-state index contributed by atoms with van der Waals surface area (Å²) in [4.78, 5) is 8.95. The number of aromatic nitrogens is 2. The van der Waals surface area contributed by atoms with Gasteiger partial charge in [0.15, 0.2) is 0 Å². The van der Waals surface area contributed by atoms with Crippen LogP contribution in [0.3, 0.4) is 0 Å². The lowest BCUT2D eigenvalue weighted by molar-refractivity contribution is 0.630. The number of rotatable bonds is 4. The van der Waals surface area contributed by atoms with Crippen LogP contribution in [0.1, 0.15) is 29.7 Å². The quantitative estimate of drug-likeness (QED) is 0.791. The van der Waals surface area contributed by atoms with E-state index in [1.807, 2.05) is 6.07 Å². The van der Waals surface area contributed by atoms with Gasteiger partial charge in [-0.15, -0.1) is 0 Å². The molecule has 3 aromatic rings. The van der Waals surface area contributed by atoms with Crippen LogP contribution in [0.2, 0.25) is 0 Å². The molecule has 0 radical (unpaired) electrons. The molecule has 3 heteroatoms. The van der Waals surface area contributed by atoms with Crippen molar-refractivity contribution in [2.75, 3.05) is 6.54 Å². The largest absolute Gasteiger partial charge is 0.306 e. The van der Waals surface area contributed by atoms with Gasteiger partial charge in [-0.05, 0) is 30.7 Å². The summed E-state index contributed by atoms with van der Waals surface area (Å²) in [6.45, 7) is 5.17. The zero-order valence-electron chi connectivity index (χ0n) is 12.4. The second-order valence-corrected chi connectivity index (χ2v) is 5.12. The molecule has 1 heterocycles. The van der Waals surface area contributed by atoms with Crippen molar-refractivity contribution in [3.63, 3.8) is 0 Å². The van der Waals surface area contributed by atoms with E-state index in [-0.39, 0.29) is 6.04 Å². The summed E-state index contributed by atoms with van der Waals surface area (Å²) in [5, 5.41) is 3.58. The Morgan fingerprint density at radius 1 is 0.952 bits per heavy atom. The van der Waals surface area contributed by atoms with Crippen LogP contribution in [0.5, 0.6) is 0 Å². The molecule has 3 rings (SSSR count). The summed E-state index contributed by atoms with van der Waals surface area (Å²) in [5.41, 5.74) is 5.65. The lowest BCUT2D eigenvalue weighted by Gasteiger charge is -2.21. The van der Waals surface area contributed by atoms with Crippen molar-refractivity contribution < 1.29 is 0 Å². The number of benzene rings is 2. The average Bonchev–Trinajstić information content (AvgIpc) is 2.53. The van der Waals surface area contributed by atoms with E-state index in [4.69, 9.17) is 0 Å². The summed E-state index contributed by atoms with van der Waals surface area (Å²) in [5.74, 6) is 0. The number of para-hydroxylation sites is 1. The Morgan fingerprint density at radius 2 is 1.71 bits per heavy atom. The normalized spacial score (nSPS) is 12.5. The van der Waals surface area contributed by atoms with Crippen molar-refractivity contribution in [2.24, 2.45) is 0 Å². The van der Waals surface area contributed by atoms with Crippen LogP contribution in [0.4, 0.5) is 0 Å². The van der Waals surface area contributed by atoms with E-state index < -0.39 is 0 Å². The molecular weight excluding hydrogens is 258 g/mol. The van der Waals surface area contributed by atoms with Crippen LogP contribution in [0, 0.1) is 6.92 Å². The van der Waals surface area contributed by atoms with Gasteiger partial charge >= 0.3 is 0 Å². The first-order valence-electron chi connectivity index (χ1n) is 7.29. The van der Waals surface area contributed by atoms with Gasteiger partial charge in [-0.2, -0.15) is 0 Å². The van der Waals surface area contributed by atoms with Crippen LogP contribution in [0.15, 0.2) is 54.9 Å². The highest BCUT2D eigenvalue weighted by Crippen LogP contribution is 2.28. The highest BCUT2D eigenvalue weighted by molar-refractivity contribution is 5.78. The first-order chi connectivity index (χ1) is 10.3. The second kappa shape index (κ2) is 6.02. The number of nitrogens with one attached hydrogen (secondary N) is 1. The number of fused-ring (bicyclic) bond motifs is 1. The molecule has 0 amide bonds. The Balaban J connectivity index is 2.19. The van der Waals surface area contributed by atoms with Crippen LogP contribution in [-0.4, -0.2) is 16.5 Å². The molecule has 21 heavy (non-hydrogen) atoms. The molecule has 0 aliphatic heterocycles. The summed E-state index contributed by atoms with van der Waals surface area (Å²) in [6.07, 6.45) is 3.49. The van der Waals surface area contributed by atoms with Crippen LogP contribution < -0.4 is 5.32 Å². The van der Waals surface area contributed by atoms with Crippen molar-refractivity contribution >= 4 is 11.0 Å². The van der Waals surface area contributed by atoms with E-state index >= 15 is 0 Å². The van der Waals surface area contributed by atoms with Gasteiger partial charge in [-0.25, -0.2) is 0 Å². The van der Waals surface area contributed by atoms with Crippen molar-refractivity contribution in [2.45, 2.75) is 19.9 Å². The van der Waals surface area contributed by atoms with Gasteiger partial charge in [-0.1, -0.05) is 43.3 Å². The standard InChI is InChI=1S/C18H19N3/c1-3-19-17(14-8-5-4-7-13(14)2)15-9-6-10-16-18(15)21-12-11-20-16/h4-12,17,19H,3H2,1-2H3. The summed E-state index contributed by atoms with van der Waals surface area (Å²) >= 11 is 0. The summed E-state index contributed by atoms with van der Waals surface area (Å²) in [6, 6.07) is 14.8. The number of hydrogen-bond acceptors (Lipinski definition) is 3.